The molecule has 2 aromatic rings. The van der Waals surface area contributed by atoms with Crippen LogP contribution in [0.4, 0.5) is 4.39 Å². The summed E-state index contributed by atoms with van der Waals surface area (Å²) in [6.45, 7) is -0.116. The molecule has 18 heavy (non-hydrogen) atoms. The first-order valence-electron chi connectivity index (χ1n) is 5.19. The number of halogens is 2. The molecule has 0 radical (unpaired) electrons. The number of rotatable bonds is 2. The van der Waals surface area contributed by atoms with Crippen molar-refractivity contribution in [1.82, 2.24) is 9.13 Å². The van der Waals surface area contributed by atoms with Crippen LogP contribution in [0.15, 0.2) is 40.1 Å². The molecule has 0 saturated carbocycles. The SMILES string of the molecule is Cn1ccc(=O)n(Cc2ccc(Cl)cc2F)c1=O. The van der Waals surface area contributed by atoms with Crippen molar-refractivity contribution in [2.75, 3.05) is 0 Å². The van der Waals surface area contributed by atoms with E-state index in [1.165, 1.54) is 36.0 Å². The molecular weight excluding hydrogens is 259 g/mol. The van der Waals surface area contributed by atoms with Crippen molar-refractivity contribution in [2.24, 2.45) is 7.05 Å². The Morgan fingerprint density at radius 2 is 2.00 bits per heavy atom. The molecule has 1 aromatic carbocycles. The predicted octanol–water partition coefficient (Wildman–Crippen LogP) is 1.39. The zero-order chi connectivity index (χ0) is 13.3. The minimum atomic E-state index is -0.541. The Labute approximate surface area is 107 Å². The van der Waals surface area contributed by atoms with Crippen molar-refractivity contribution in [3.05, 3.63) is 67.7 Å². The number of benzene rings is 1. The molecule has 1 aromatic heterocycles. The number of hydrogen-bond acceptors (Lipinski definition) is 2. The van der Waals surface area contributed by atoms with Gasteiger partial charge in [-0.1, -0.05) is 17.7 Å². The summed E-state index contributed by atoms with van der Waals surface area (Å²) >= 11 is 5.63. The summed E-state index contributed by atoms with van der Waals surface area (Å²) < 4.78 is 15.8. The first-order chi connectivity index (χ1) is 8.49. The minimum absolute atomic E-state index is 0.116. The van der Waals surface area contributed by atoms with E-state index in [9.17, 15) is 14.0 Å². The molecule has 0 amide bonds. The van der Waals surface area contributed by atoms with Crippen molar-refractivity contribution >= 4 is 11.6 Å². The first-order valence-corrected chi connectivity index (χ1v) is 5.57. The van der Waals surface area contributed by atoms with E-state index in [0.717, 1.165) is 10.6 Å². The zero-order valence-corrected chi connectivity index (χ0v) is 10.3. The average molecular weight is 269 g/mol. The largest absolute Gasteiger partial charge is 0.331 e. The molecule has 0 saturated heterocycles. The lowest BCUT2D eigenvalue weighted by Crippen LogP contribution is -2.38. The summed E-state index contributed by atoms with van der Waals surface area (Å²) in [5, 5.41) is 0.268. The van der Waals surface area contributed by atoms with Crippen LogP contribution in [0.2, 0.25) is 5.02 Å². The number of hydrogen-bond donors (Lipinski definition) is 0. The van der Waals surface area contributed by atoms with E-state index in [2.05, 4.69) is 0 Å². The summed E-state index contributed by atoms with van der Waals surface area (Å²) in [6.07, 6.45) is 1.37. The molecule has 0 fully saturated rings. The molecule has 0 aliphatic heterocycles. The Morgan fingerprint density at radius 3 is 2.67 bits per heavy atom. The third kappa shape index (κ3) is 2.36. The van der Waals surface area contributed by atoms with Crippen molar-refractivity contribution in [3.8, 4) is 0 Å². The second-order valence-corrected chi connectivity index (χ2v) is 4.31. The van der Waals surface area contributed by atoms with E-state index < -0.39 is 17.1 Å². The van der Waals surface area contributed by atoms with Crippen LogP contribution in [-0.2, 0) is 13.6 Å². The lowest BCUT2D eigenvalue weighted by atomic mass is 10.2. The standard InChI is InChI=1S/C12H10ClFN2O2/c1-15-5-4-11(17)16(12(15)18)7-8-2-3-9(13)6-10(8)14/h2-6H,7H2,1H3. The fourth-order valence-corrected chi connectivity index (χ4v) is 1.74. The van der Waals surface area contributed by atoms with Gasteiger partial charge in [-0.2, -0.15) is 0 Å². The molecule has 4 nitrogen and oxygen atoms in total. The Bertz CT molecular complexity index is 706. The molecule has 0 unspecified atom stereocenters. The van der Waals surface area contributed by atoms with Gasteiger partial charge in [0.25, 0.3) is 5.56 Å². The first kappa shape index (κ1) is 12.6. The smallest absolute Gasteiger partial charge is 0.303 e. The fourth-order valence-electron chi connectivity index (χ4n) is 1.58. The van der Waals surface area contributed by atoms with Crippen molar-refractivity contribution in [3.63, 3.8) is 0 Å². The molecular formula is C12H10ClFN2O2. The molecule has 0 aliphatic carbocycles. The summed E-state index contributed by atoms with van der Waals surface area (Å²) in [7, 11) is 1.52. The van der Waals surface area contributed by atoms with Gasteiger partial charge in [0.1, 0.15) is 5.82 Å². The third-order valence-electron chi connectivity index (χ3n) is 2.58. The van der Waals surface area contributed by atoms with Gasteiger partial charge in [-0.3, -0.25) is 9.36 Å². The molecule has 0 aliphatic rings. The summed E-state index contributed by atoms with van der Waals surface area (Å²) in [5.41, 5.74) is -0.714. The highest BCUT2D eigenvalue weighted by Gasteiger charge is 2.08. The average Bonchev–Trinajstić information content (AvgIpc) is 2.32. The van der Waals surface area contributed by atoms with Crippen LogP contribution in [-0.4, -0.2) is 9.13 Å². The van der Waals surface area contributed by atoms with Crippen LogP contribution in [0.5, 0.6) is 0 Å². The van der Waals surface area contributed by atoms with Crippen LogP contribution >= 0.6 is 11.6 Å². The highest BCUT2D eigenvalue weighted by atomic mass is 35.5. The summed E-state index contributed by atoms with van der Waals surface area (Å²) in [4.78, 5) is 23.3. The maximum absolute atomic E-state index is 13.6. The highest BCUT2D eigenvalue weighted by Crippen LogP contribution is 2.14. The van der Waals surface area contributed by atoms with Gasteiger partial charge in [-0.15, -0.1) is 0 Å². The van der Waals surface area contributed by atoms with Gasteiger partial charge in [0, 0.05) is 29.9 Å². The molecule has 0 N–H and O–H groups in total. The molecule has 6 heteroatoms. The molecule has 0 spiro atoms. The molecule has 94 valence electrons. The van der Waals surface area contributed by atoms with Crippen molar-refractivity contribution in [1.29, 1.82) is 0 Å². The van der Waals surface area contributed by atoms with E-state index in [-0.39, 0.29) is 17.1 Å². The molecule has 0 bridgehead atoms. The molecule has 0 atom stereocenters. The normalized spacial score (nSPS) is 10.6. The highest BCUT2D eigenvalue weighted by molar-refractivity contribution is 6.30. The Kier molecular flexibility index (Phi) is 3.34. The Morgan fingerprint density at radius 1 is 1.28 bits per heavy atom. The van der Waals surface area contributed by atoms with E-state index in [1.807, 2.05) is 0 Å². The maximum atomic E-state index is 13.6. The number of nitrogens with zero attached hydrogens (tertiary/aromatic N) is 2. The van der Waals surface area contributed by atoms with Crippen LogP contribution in [0.25, 0.3) is 0 Å². The summed E-state index contributed by atoms with van der Waals surface area (Å²) in [5.74, 6) is -0.541. The van der Waals surface area contributed by atoms with Gasteiger partial charge < -0.3 is 4.57 Å². The quantitative estimate of drug-likeness (QED) is 0.826. The van der Waals surface area contributed by atoms with Gasteiger partial charge >= 0.3 is 5.69 Å². The van der Waals surface area contributed by atoms with Crippen LogP contribution < -0.4 is 11.2 Å². The van der Waals surface area contributed by atoms with E-state index >= 15 is 0 Å². The number of aromatic nitrogens is 2. The molecule has 2 rings (SSSR count). The van der Waals surface area contributed by atoms with Gasteiger partial charge in [0.2, 0.25) is 0 Å². The molecule has 1 heterocycles. The van der Waals surface area contributed by atoms with Crippen LogP contribution in [0.1, 0.15) is 5.56 Å². The lowest BCUT2D eigenvalue weighted by molar-refractivity contribution is 0.578. The van der Waals surface area contributed by atoms with E-state index in [0.29, 0.717) is 0 Å². The second-order valence-electron chi connectivity index (χ2n) is 3.87. The van der Waals surface area contributed by atoms with Gasteiger partial charge in [-0.05, 0) is 12.1 Å². The predicted molar refractivity (Wildman–Crippen MR) is 66.5 cm³/mol. The van der Waals surface area contributed by atoms with Crippen LogP contribution in [0.3, 0.4) is 0 Å². The monoisotopic (exact) mass is 268 g/mol. The minimum Gasteiger partial charge on any atom is -0.303 e. The van der Waals surface area contributed by atoms with Gasteiger partial charge in [-0.25, -0.2) is 9.18 Å². The third-order valence-corrected chi connectivity index (χ3v) is 2.82. The Hall–Kier alpha value is -1.88. The van der Waals surface area contributed by atoms with Gasteiger partial charge in [0.05, 0.1) is 6.54 Å². The Balaban J connectivity index is 2.50. The second kappa shape index (κ2) is 4.78. The number of aryl methyl sites for hydroxylation is 1. The summed E-state index contributed by atoms with van der Waals surface area (Å²) in [6, 6.07) is 5.37. The zero-order valence-electron chi connectivity index (χ0n) is 9.56. The topological polar surface area (TPSA) is 44.0 Å². The van der Waals surface area contributed by atoms with Crippen LogP contribution in [0, 0.1) is 5.82 Å². The van der Waals surface area contributed by atoms with E-state index in [4.69, 9.17) is 11.6 Å². The van der Waals surface area contributed by atoms with Crippen molar-refractivity contribution < 1.29 is 4.39 Å². The van der Waals surface area contributed by atoms with E-state index in [1.54, 1.807) is 0 Å². The lowest BCUT2D eigenvalue weighted by Gasteiger charge is -2.07. The fraction of sp³-hybridized carbons (Fsp3) is 0.167. The van der Waals surface area contributed by atoms with Crippen molar-refractivity contribution in [2.45, 2.75) is 6.54 Å². The maximum Gasteiger partial charge on any atom is 0.331 e. The van der Waals surface area contributed by atoms with Gasteiger partial charge in [0.15, 0.2) is 0 Å².